The smallest absolute Gasteiger partial charge is 0.224 e. The van der Waals surface area contributed by atoms with Crippen molar-refractivity contribution in [3.05, 3.63) is 35.5 Å². The van der Waals surface area contributed by atoms with Gasteiger partial charge in [-0.2, -0.15) is 0 Å². The van der Waals surface area contributed by atoms with E-state index in [1.165, 1.54) is 5.56 Å². The molecule has 1 aromatic heterocycles. The van der Waals surface area contributed by atoms with Crippen molar-refractivity contribution in [2.45, 2.75) is 26.7 Å². The Morgan fingerprint density at radius 1 is 1.41 bits per heavy atom. The van der Waals surface area contributed by atoms with Crippen LogP contribution in [-0.2, 0) is 11.2 Å². The molecule has 0 saturated carbocycles. The van der Waals surface area contributed by atoms with Crippen LogP contribution in [0.4, 0.5) is 0 Å². The highest BCUT2D eigenvalue weighted by atomic mass is 16.1. The van der Waals surface area contributed by atoms with Gasteiger partial charge in [0.15, 0.2) is 0 Å². The summed E-state index contributed by atoms with van der Waals surface area (Å²) in [7, 11) is 0. The van der Waals surface area contributed by atoms with E-state index in [-0.39, 0.29) is 5.91 Å². The lowest BCUT2D eigenvalue weighted by atomic mass is 10.1. The Hall–Kier alpha value is -1.77. The molecule has 0 aliphatic carbocycles. The van der Waals surface area contributed by atoms with E-state index in [9.17, 15) is 4.79 Å². The molecule has 3 heteroatoms. The molecule has 2 N–H and O–H groups in total. The third-order valence-corrected chi connectivity index (χ3v) is 2.85. The molecule has 0 atom stereocenters. The number of hydrogen-bond donors (Lipinski definition) is 2. The number of rotatable bonds is 4. The zero-order valence-corrected chi connectivity index (χ0v) is 10.3. The van der Waals surface area contributed by atoms with Gasteiger partial charge in [-0.25, -0.2) is 0 Å². The fourth-order valence-corrected chi connectivity index (χ4v) is 1.95. The summed E-state index contributed by atoms with van der Waals surface area (Å²) in [6, 6.07) is 6.25. The third kappa shape index (κ3) is 2.67. The molecule has 0 unspecified atom stereocenters. The lowest BCUT2D eigenvalue weighted by molar-refractivity contribution is -0.120. The summed E-state index contributed by atoms with van der Waals surface area (Å²) in [6.07, 6.45) is 3.34. The van der Waals surface area contributed by atoms with E-state index in [1.807, 2.05) is 6.20 Å². The SMILES string of the molecule is CCCNC(=O)Cc1c[nH]c2cc(C)ccc12. The number of H-pyrrole nitrogens is 1. The van der Waals surface area contributed by atoms with Gasteiger partial charge >= 0.3 is 0 Å². The minimum Gasteiger partial charge on any atom is -0.361 e. The maximum atomic E-state index is 11.7. The molecule has 0 saturated heterocycles. The van der Waals surface area contributed by atoms with Crippen LogP contribution in [0, 0.1) is 6.92 Å². The molecule has 1 amide bonds. The number of nitrogens with one attached hydrogen (secondary N) is 2. The van der Waals surface area contributed by atoms with Gasteiger partial charge in [-0.1, -0.05) is 19.1 Å². The van der Waals surface area contributed by atoms with Crippen LogP contribution >= 0.6 is 0 Å². The van der Waals surface area contributed by atoms with Crippen molar-refractivity contribution in [2.75, 3.05) is 6.54 Å². The second-order valence-electron chi connectivity index (χ2n) is 4.39. The highest BCUT2D eigenvalue weighted by Gasteiger charge is 2.08. The van der Waals surface area contributed by atoms with Gasteiger partial charge in [0.2, 0.25) is 5.91 Å². The van der Waals surface area contributed by atoms with Crippen LogP contribution in [0.25, 0.3) is 10.9 Å². The molecule has 2 rings (SSSR count). The molecule has 0 bridgehead atoms. The van der Waals surface area contributed by atoms with E-state index in [2.05, 4.69) is 42.3 Å². The number of fused-ring (bicyclic) bond motifs is 1. The lowest BCUT2D eigenvalue weighted by Crippen LogP contribution is -2.25. The maximum absolute atomic E-state index is 11.7. The van der Waals surface area contributed by atoms with Crippen molar-refractivity contribution in [2.24, 2.45) is 0 Å². The molecule has 1 aromatic carbocycles. The number of amides is 1. The molecule has 0 spiro atoms. The summed E-state index contributed by atoms with van der Waals surface area (Å²) in [5, 5.41) is 4.03. The molecule has 2 aromatic rings. The van der Waals surface area contributed by atoms with Gasteiger partial charge in [0.05, 0.1) is 6.42 Å². The highest BCUT2D eigenvalue weighted by molar-refractivity contribution is 5.89. The fraction of sp³-hybridized carbons (Fsp3) is 0.357. The van der Waals surface area contributed by atoms with Crippen LogP contribution in [0.3, 0.4) is 0 Å². The monoisotopic (exact) mass is 230 g/mol. The van der Waals surface area contributed by atoms with Gasteiger partial charge in [0, 0.05) is 23.6 Å². The average Bonchev–Trinajstić information content (AvgIpc) is 2.69. The zero-order chi connectivity index (χ0) is 12.3. The highest BCUT2D eigenvalue weighted by Crippen LogP contribution is 2.19. The predicted molar refractivity (Wildman–Crippen MR) is 70.0 cm³/mol. The van der Waals surface area contributed by atoms with E-state index >= 15 is 0 Å². The molecule has 17 heavy (non-hydrogen) atoms. The number of aromatic amines is 1. The van der Waals surface area contributed by atoms with Crippen molar-refractivity contribution in [1.29, 1.82) is 0 Å². The Labute approximate surface area is 101 Å². The molecule has 0 fully saturated rings. The summed E-state index contributed by atoms with van der Waals surface area (Å²) in [6.45, 7) is 4.86. The molecule has 0 aliphatic rings. The topological polar surface area (TPSA) is 44.9 Å². The van der Waals surface area contributed by atoms with E-state index in [4.69, 9.17) is 0 Å². The zero-order valence-electron chi connectivity index (χ0n) is 10.3. The number of benzene rings is 1. The van der Waals surface area contributed by atoms with Crippen LogP contribution in [0.1, 0.15) is 24.5 Å². The molecular weight excluding hydrogens is 212 g/mol. The first-order chi connectivity index (χ1) is 8.20. The van der Waals surface area contributed by atoms with Gasteiger partial charge in [-0.05, 0) is 30.5 Å². The number of carbonyl (C=O) groups excluding carboxylic acids is 1. The quantitative estimate of drug-likeness (QED) is 0.833. The van der Waals surface area contributed by atoms with Gasteiger partial charge in [-0.15, -0.1) is 0 Å². The molecule has 3 nitrogen and oxygen atoms in total. The first-order valence-electron chi connectivity index (χ1n) is 6.04. The summed E-state index contributed by atoms with van der Waals surface area (Å²) in [5.41, 5.74) is 3.39. The van der Waals surface area contributed by atoms with Gasteiger partial charge in [0.1, 0.15) is 0 Å². The van der Waals surface area contributed by atoms with Gasteiger partial charge < -0.3 is 10.3 Å². The largest absolute Gasteiger partial charge is 0.361 e. The van der Waals surface area contributed by atoms with E-state index in [1.54, 1.807) is 0 Å². The molecule has 90 valence electrons. The van der Waals surface area contributed by atoms with Crippen LogP contribution in [0.5, 0.6) is 0 Å². The van der Waals surface area contributed by atoms with Crippen molar-refractivity contribution < 1.29 is 4.79 Å². The second-order valence-corrected chi connectivity index (χ2v) is 4.39. The van der Waals surface area contributed by atoms with E-state index < -0.39 is 0 Å². The second kappa shape index (κ2) is 5.04. The van der Waals surface area contributed by atoms with Crippen LogP contribution in [-0.4, -0.2) is 17.4 Å². The van der Waals surface area contributed by atoms with Crippen LogP contribution in [0.2, 0.25) is 0 Å². The lowest BCUT2D eigenvalue weighted by Gasteiger charge is -2.02. The molecule has 0 radical (unpaired) electrons. The third-order valence-electron chi connectivity index (χ3n) is 2.85. The number of aryl methyl sites for hydroxylation is 1. The molecular formula is C14H18N2O. The molecule has 1 heterocycles. The van der Waals surface area contributed by atoms with Crippen molar-refractivity contribution >= 4 is 16.8 Å². The minimum absolute atomic E-state index is 0.0910. The Bertz CT molecular complexity index is 528. The van der Waals surface area contributed by atoms with Gasteiger partial charge in [-0.3, -0.25) is 4.79 Å². The van der Waals surface area contributed by atoms with Crippen molar-refractivity contribution in [3.8, 4) is 0 Å². The first-order valence-corrected chi connectivity index (χ1v) is 6.04. The Morgan fingerprint density at radius 2 is 2.24 bits per heavy atom. The summed E-state index contributed by atoms with van der Waals surface area (Å²) < 4.78 is 0. The van der Waals surface area contributed by atoms with Crippen molar-refractivity contribution in [3.63, 3.8) is 0 Å². The fourth-order valence-electron chi connectivity index (χ4n) is 1.95. The average molecular weight is 230 g/mol. The summed E-state index contributed by atoms with van der Waals surface area (Å²) >= 11 is 0. The van der Waals surface area contributed by atoms with Crippen molar-refractivity contribution in [1.82, 2.24) is 10.3 Å². The Morgan fingerprint density at radius 3 is 3.00 bits per heavy atom. The summed E-state index contributed by atoms with van der Waals surface area (Å²) in [4.78, 5) is 14.9. The Balaban J connectivity index is 2.16. The maximum Gasteiger partial charge on any atom is 0.224 e. The number of carbonyl (C=O) groups is 1. The number of aromatic nitrogens is 1. The first kappa shape index (κ1) is 11.7. The normalized spacial score (nSPS) is 10.7. The van der Waals surface area contributed by atoms with E-state index in [0.29, 0.717) is 6.42 Å². The van der Waals surface area contributed by atoms with Gasteiger partial charge in [0.25, 0.3) is 0 Å². The predicted octanol–water partition coefficient (Wildman–Crippen LogP) is 2.55. The minimum atomic E-state index is 0.0910. The number of hydrogen-bond acceptors (Lipinski definition) is 1. The van der Waals surface area contributed by atoms with E-state index in [0.717, 1.165) is 29.4 Å². The summed E-state index contributed by atoms with van der Waals surface area (Å²) in [5.74, 6) is 0.0910. The van der Waals surface area contributed by atoms with Crippen LogP contribution in [0.15, 0.2) is 24.4 Å². The molecule has 0 aliphatic heterocycles. The van der Waals surface area contributed by atoms with Crippen LogP contribution < -0.4 is 5.32 Å². The standard InChI is InChI=1S/C14H18N2O/c1-3-6-15-14(17)8-11-9-16-13-7-10(2)4-5-12(11)13/h4-5,7,9,16H,3,6,8H2,1-2H3,(H,15,17). The Kier molecular flexibility index (Phi) is 3.47.